The maximum atomic E-state index is 10.8. The van der Waals surface area contributed by atoms with E-state index in [1.54, 1.807) is 13.8 Å². The highest BCUT2D eigenvalue weighted by atomic mass is 16.5. The van der Waals surface area contributed by atoms with E-state index in [4.69, 9.17) is 0 Å². The number of carbonyl (C=O) groups is 1. The van der Waals surface area contributed by atoms with Crippen molar-refractivity contribution in [3.63, 3.8) is 0 Å². The molecule has 0 radical (unpaired) electrons. The lowest BCUT2D eigenvalue weighted by Crippen LogP contribution is -2.05. The Balaban J connectivity index is 3.82. The van der Waals surface area contributed by atoms with E-state index < -0.39 is 0 Å². The minimum Gasteiger partial charge on any atom is -0.504 e. The van der Waals surface area contributed by atoms with E-state index in [9.17, 15) is 4.79 Å². The van der Waals surface area contributed by atoms with Gasteiger partial charge in [-0.3, -0.25) is 0 Å². The lowest BCUT2D eigenvalue weighted by molar-refractivity contribution is -0.138. The molecule has 0 aliphatic rings. The van der Waals surface area contributed by atoms with Gasteiger partial charge in [0.15, 0.2) is 0 Å². The summed E-state index contributed by atoms with van der Waals surface area (Å²) in [5.74, 6) is -0.329. The van der Waals surface area contributed by atoms with E-state index in [2.05, 4.69) is 9.47 Å². The molecule has 0 aliphatic carbocycles. The fourth-order valence-corrected chi connectivity index (χ4v) is 0.470. The first-order valence-electron chi connectivity index (χ1n) is 3.09. The quantitative estimate of drug-likeness (QED) is 0.338. The first kappa shape index (κ1) is 9.01. The summed E-state index contributed by atoms with van der Waals surface area (Å²) in [6, 6.07) is 0. The molecule has 3 heteroatoms. The molecule has 0 atom stereocenters. The van der Waals surface area contributed by atoms with Gasteiger partial charge in [0.1, 0.15) is 0 Å². The third-order valence-corrected chi connectivity index (χ3v) is 0.892. The summed E-state index contributed by atoms with van der Waals surface area (Å²) in [7, 11) is 1.49. The average molecular weight is 144 g/mol. The SMILES string of the molecule is CCOC(=O)C(C)=COC. The Labute approximate surface area is 60.6 Å². The summed E-state index contributed by atoms with van der Waals surface area (Å²) >= 11 is 0. The molecule has 0 spiro atoms. The molecule has 58 valence electrons. The third kappa shape index (κ3) is 3.12. The van der Waals surface area contributed by atoms with Crippen molar-refractivity contribution in [2.75, 3.05) is 13.7 Å². The average Bonchev–Trinajstić information content (AvgIpc) is 1.89. The van der Waals surface area contributed by atoms with Crippen molar-refractivity contribution in [2.45, 2.75) is 13.8 Å². The minimum absolute atomic E-state index is 0.329. The van der Waals surface area contributed by atoms with Crippen LogP contribution in [0.1, 0.15) is 13.8 Å². The van der Waals surface area contributed by atoms with Gasteiger partial charge in [-0.2, -0.15) is 0 Å². The van der Waals surface area contributed by atoms with E-state index in [1.807, 2.05) is 0 Å². The van der Waals surface area contributed by atoms with Crippen LogP contribution < -0.4 is 0 Å². The van der Waals surface area contributed by atoms with Crippen molar-refractivity contribution in [3.05, 3.63) is 11.8 Å². The lowest BCUT2D eigenvalue weighted by atomic mass is 10.3. The van der Waals surface area contributed by atoms with Crippen molar-refractivity contribution in [1.29, 1.82) is 0 Å². The molecule has 0 aliphatic heterocycles. The Hall–Kier alpha value is -0.990. The van der Waals surface area contributed by atoms with Gasteiger partial charge in [-0.25, -0.2) is 4.79 Å². The molecule has 0 saturated carbocycles. The summed E-state index contributed by atoms with van der Waals surface area (Å²) in [4.78, 5) is 10.8. The van der Waals surface area contributed by atoms with E-state index in [0.717, 1.165) is 0 Å². The summed E-state index contributed by atoms with van der Waals surface area (Å²) in [6.07, 6.45) is 1.36. The summed E-state index contributed by atoms with van der Waals surface area (Å²) in [5.41, 5.74) is 0.476. The first-order valence-corrected chi connectivity index (χ1v) is 3.09. The molecule has 0 unspecified atom stereocenters. The second-order valence-corrected chi connectivity index (χ2v) is 1.76. The first-order chi connectivity index (χ1) is 4.72. The number of methoxy groups -OCH3 is 1. The third-order valence-electron chi connectivity index (χ3n) is 0.892. The van der Waals surface area contributed by atoms with Crippen LogP contribution in [0.25, 0.3) is 0 Å². The van der Waals surface area contributed by atoms with Gasteiger partial charge in [-0.1, -0.05) is 0 Å². The van der Waals surface area contributed by atoms with Crippen LogP contribution in [0.2, 0.25) is 0 Å². The van der Waals surface area contributed by atoms with Gasteiger partial charge in [0.25, 0.3) is 0 Å². The molecule has 3 nitrogen and oxygen atoms in total. The van der Waals surface area contributed by atoms with Gasteiger partial charge in [0, 0.05) is 0 Å². The van der Waals surface area contributed by atoms with Crippen LogP contribution in [0.15, 0.2) is 11.8 Å². The molecule has 0 N–H and O–H groups in total. The van der Waals surface area contributed by atoms with Gasteiger partial charge in [0.2, 0.25) is 0 Å². The zero-order chi connectivity index (χ0) is 7.98. The number of hydrogen-bond donors (Lipinski definition) is 0. The zero-order valence-electron chi connectivity index (χ0n) is 6.51. The van der Waals surface area contributed by atoms with Crippen molar-refractivity contribution >= 4 is 5.97 Å². The summed E-state index contributed by atoms with van der Waals surface area (Å²) < 4.78 is 9.28. The van der Waals surface area contributed by atoms with Crippen LogP contribution in [-0.2, 0) is 14.3 Å². The van der Waals surface area contributed by atoms with Crippen LogP contribution >= 0.6 is 0 Å². The van der Waals surface area contributed by atoms with Gasteiger partial charge >= 0.3 is 5.97 Å². The smallest absolute Gasteiger partial charge is 0.336 e. The van der Waals surface area contributed by atoms with Crippen molar-refractivity contribution in [1.82, 2.24) is 0 Å². The number of rotatable bonds is 3. The largest absolute Gasteiger partial charge is 0.504 e. The molecule has 0 aromatic rings. The Kier molecular flexibility index (Phi) is 4.37. The maximum Gasteiger partial charge on any atom is 0.336 e. The fourth-order valence-electron chi connectivity index (χ4n) is 0.470. The van der Waals surface area contributed by atoms with Crippen molar-refractivity contribution in [3.8, 4) is 0 Å². The number of hydrogen-bond acceptors (Lipinski definition) is 3. The normalized spacial score (nSPS) is 10.9. The second kappa shape index (κ2) is 4.85. The highest BCUT2D eigenvalue weighted by molar-refractivity contribution is 5.87. The fraction of sp³-hybridized carbons (Fsp3) is 0.571. The molecule has 0 bridgehead atoms. The van der Waals surface area contributed by atoms with Gasteiger partial charge in [-0.15, -0.1) is 0 Å². The molecule has 0 rings (SSSR count). The van der Waals surface area contributed by atoms with Crippen molar-refractivity contribution < 1.29 is 14.3 Å². The summed E-state index contributed by atoms with van der Waals surface area (Å²) in [6.45, 7) is 3.80. The Morgan fingerprint density at radius 3 is 2.60 bits per heavy atom. The molecule has 0 aromatic carbocycles. The topological polar surface area (TPSA) is 35.5 Å². The van der Waals surface area contributed by atoms with Crippen LogP contribution in [0.4, 0.5) is 0 Å². The Morgan fingerprint density at radius 1 is 1.60 bits per heavy atom. The highest BCUT2D eigenvalue weighted by Crippen LogP contribution is 1.95. The van der Waals surface area contributed by atoms with Crippen molar-refractivity contribution in [2.24, 2.45) is 0 Å². The standard InChI is InChI=1S/C7H12O3/c1-4-10-7(8)6(2)5-9-3/h5H,4H2,1-3H3. The lowest BCUT2D eigenvalue weighted by Gasteiger charge is -1.99. The molecule has 0 heterocycles. The molecule has 0 fully saturated rings. The van der Waals surface area contributed by atoms with E-state index in [0.29, 0.717) is 12.2 Å². The van der Waals surface area contributed by atoms with Crippen LogP contribution in [0.5, 0.6) is 0 Å². The number of esters is 1. The molecule has 0 amide bonds. The Bertz CT molecular complexity index is 138. The predicted octanol–water partition coefficient (Wildman–Crippen LogP) is 1.10. The molecular weight excluding hydrogens is 132 g/mol. The van der Waals surface area contributed by atoms with E-state index >= 15 is 0 Å². The monoisotopic (exact) mass is 144 g/mol. The maximum absolute atomic E-state index is 10.8. The Morgan fingerprint density at radius 2 is 2.20 bits per heavy atom. The molecule has 10 heavy (non-hydrogen) atoms. The minimum atomic E-state index is -0.329. The molecular formula is C7H12O3. The van der Waals surface area contributed by atoms with Gasteiger partial charge < -0.3 is 9.47 Å². The van der Waals surface area contributed by atoms with Crippen LogP contribution in [-0.4, -0.2) is 19.7 Å². The summed E-state index contributed by atoms with van der Waals surface area (Å²) in [5, 5.41) is 0. The molecule has 0 aromatic heterocycles. The predicted molar refractivity (Wildman–Crippen MR) is 37.4 cm³/mol. The van der Waals surface area contributed by atoms with Crippen LogP contribution in [0, 0.1) is 0 Å². The van der Waals surface area contributed by atoms with Gasteiger partial charge in [0.05, 0.1) is 25.6 Å². The zero-order valence-corrected chi connectivity index (χ0v) is 6.51. The highest BCUT2D eigenvalue weighted by Gasteiger charge is 2.02. The van der Waals surface area contributed by atoms with Gasteiger partial charge in [-0.05, 0) is 13.8 Å². The number of carbonyl (C=O) groups excluding carboxylic acids is 1. The van der Waals surface area contributed by atoms with E-state index in [1.165, 1.54) is 13.4 Å². The van der Waals surface area contributed by atoms with Crippen LogP contribution in [0.3, 0.4) is 0 Å². The molecule has 0 saturated heterocycles. The van der Waals surface area contributed by atoms with E-state index in [-0.39, 0.29) is 5.97 Å². The second-order valence-electron chi connectivity index (χ2n) is 1.76. The number of ether oxygens (including phenoxy) is 2.